The summed E-state index contributed by atoms with van der Waals surface area (Å²) in [5.41, 5.74) is 1.49. The molecule has 1 aromatic carbocycles. The maximum Gasteiger partial charge on any atom is 0.0821 e. The molecule has 2 heterocycles. The number of rotatable bonds is 7. The van der Waals surface area contributed by atoms with Crippen molar-refractivity contribution in [2.45, 2.75) is 44.6 Å². The second-order valence-corrected chi connectivity index (χ2v) is 7.02. The molecule has 0 amide bonds. The van der Waals surface area contributed by atoms with E-state index >= 15 is 0 Å². The van der Waals surface area contributed by atoms with Crippen molar-refractivity contribution in [3.05, 3.63) is 35.9 Å². The quantitative estimate of drug-likeness (QED) is 0.768. The minimum atomic E-state index is 0.326. The molecule has 2 fully saturated rings. The van der Waals surface area contributed by atoms with Crippen molar-refractivity contribution in [2.75, 3.05) is 39.5 Å². The molecule has 0 radical (unpaired) electrons. The van der Waals surface area contributed by atoms with Crippen molar-refractivity contribution in [1.82, 2.24) is 4.90 Å². The van der Waals surface area contributed by atoms with Gasteiger partial charge in [-0.2, -0.15) is 0 Å². The molecule has 1 aromatic rings. The van der Waals surface area contributed by atoms with Crippen LogP contribution >= 0.6 is 0 Å². The van der Waals surface area contributed by atoms with Crippen molar-refractivity contribution in [3.8, 4) is 0 Å². The zero-order valence-corrected chi connectivity index (χ0v) is 14.3. The summed E-state index contributed by atoms with van der Waals surface area (Å²) in [6.45, 7) is 6.03. The molecule has 0 saturated carbocycles. The Morgan fingerprint density at radius 2 is 1.83 bits per heavy atom. The number of piperidine rings is 1. The first-order chi connectivity index (χ1) is 11.4. The number of ether oxygens (including phenoxy) is 2. The lowest BCUT2D eigenvalue weighted by atomic mass is 9.90. The first kappa shape index (κ1) is 16.9. The summed E-state index contributed by atoms with van der Waals surface area (Å²) < 4.78 is 11.2. The van der Waals surface area contributed by atoms with E-state index in [1.165, 1.54) is 57.3 Å². The molecule has 1 atom stereocenters. The van der Waals surface area contributed by atoms with Crippen LogP contribution in [0.5, 0.6) is 0 Å². The third kappa shape index (κ3) is 5.91. The summed E-state index contributed by atoms with van der Waals surface area (Å²) in [5, 5.41) is 0. The standard InChI is InChI=1S/C20H31NO2/c1-2-5-18(6-3-1)7-4-8-19-9-12-21(13-10-19)14-11-20-17-22-15-16-23-20/h1-3,5-6,19-20H,4,7-17H2. The Morgan fingerprint density at radius 3 is 2.57 bits per heavy atom. The summed E-state index contributed by atoms with van der Waals surface area (Å²) in [5.74, 6) is 0.934. The number of hydrogen-bond acceptors (Lipinski definition) is 3. The molecule has 23 heavy (non-hydrogen) atoms. The van der Waals surface area contributed by atoms with Gasteiger partial charge in [0.25, 0.3) is 0 Å². The third-order valence-corrected chi connectivity index (χ3v) is 5.28. The Kier molecular flexibility index (Phi) is 6.93. The van der Waals surface area contributed by atoms with Gasteiger partial charge >= 0.3 is 0 Å². The largest absolute Gasteiger partial charge is 0.376 e. The van der Waals surface area contributed by atoms with E-state index in [0.29, 0.717) is 6.10 Å². The van der Waals surface area contributed by atoms with Crippen LogP contribution in [0.15, 0.2) is 30.3 Å². The molecule has 0 aliphatic carbocycles. The van der Waals surface area contributed by atoms with Crippen molar-refractivity contribution in [1.29, 1.82) is 0 Å². The van der Waals surface area contributed by atoms with Crippen LogP contribution in [0, 0.1) is 5.92 Å². The summed E-state index contributed by atoms with van der Waals surface area (Å²) in [6.07, 6.45) is 8.16. The van der Waals surface area contributed by atoms with Gasteiger partial charge in [-0.15, -0.1) is 0 Å². The highest BCUT2D eigenvalue weighted by Gasteiger charge is 2.21. The molecule has 2 aliphatic rings. The third-order valence-electron chi connectivity index (χ3n) is 5.28. The topological polar surface area (TPSA) is 21.7 Å². The second kappa shape index (κ2) is 9.41. The van der Waals surface area contributed by atoms with E-state index in [1.54, 1.807) is 0 Å². The van der Waals surface area contributed by atoms with Gasteiger partial charge in [0, 0.05) is 6.54 Å². The Morgan fingerprint density at radius 1 is 1.00 bits per heavy atom. The SMILES string of the molecule is c1ccc(CCCC2CCN(CCC3COCCO3)CC2)cc1. The van der Waals surface area contributed by atoms with Gasteiger partial charge < -0.3 is 14.4 Å². The average Bonchev–Trinajstić information content (AvgIpc) is 2.63. The van der Waals surface area contributed by atoms with E-state index in [2.05, 4.69) is 35.2 Å². The van der Waals surface area contributed by atoms with Crippen molar-refractivity contribution in [2.24, 2.45) is 5.92 Å². The fraction of sp³-hybridized carbons (Fsp3) is 0.700. The molecule has 0 N–H and O–H groups in total. The van der Waals surface area contributed by atoms with Crippen LogP contribution in [-0.4, -0.2) is 50.5 Å². The van der Waals surface area contributed by atoms with E-state index in [4.69, 9.17) is 9.47 Å². The fourth-order valence-electron chi connectivity index (χ4n) is 3.77. The summed E-state index contributed by atoms with van der Waals surface area (Å²) >= 11 is 0. The molecule has 0 bridgehead atoms. The molecule has 0 spiro atoms. The van der Waals surface area contributed by atoms with Crippen LogP contribution in [0.2, 0.25) is 0 Å². The lowest BCUT2D eigenvalue weighted by Gasteiger charge is -2.33. The van der Waals surface area contributed by atoms with Crippen LogP contribution in [0.4, 0.5) is 0 Å². The highest BCUT2D eigenvalue weighted by molar-refractivity contribution is 5.14. The average molecular weight is 317 g/mol. The van der Waals surface area contributed by atoms with E-state index in [-0.39, 0.29) is 0 Å². The molecule has 1 unspecified atom stereocenters. The minimum absolute atomic E-state index is 0.326. The highest BCUT2D eigenvalue weighted by atomic mass is 16.6. The Labute approximate surface area is 141 Å². The zero-order chi connectivity index (χ0) is 15.7. The normalized spacial score (nSPS) is 23.9. The molecular weight excluding hydrogens is 286 g/mol. The van der Waals surface area contributed by atoms with Gasteiger partial charge in [-0.25, -0.2) is 0 Å². The number of aryl methyl sites for hydroxylation is 1. The number of benzene rings is 1. The van der Waals surface area contributed by atoms with Gasteiger partial charge in [0.1, 0.15) is 0 Å². The maximum absolute atomic E-state index is 5.73. The van der Waals surface area contributed by atoms with E-state index < -0.39 is 0 Å². The second-order valence-electron chi connectivity index (χ2n) is 7.02. The Balaban J connectivity index is 1.26. The number of likely N-dealkylation sites (tertiary alicyclic amines) is 1. The summed E-state index contributed by atoms with van der Waals surface area (Å²) in [6, 6.07) is 10.9. The monoisotopic (exact) mass is 317 g/mol. The Bertz CT molecular complexity index is 423. The van der Waals surface area contributed by atoms with E-state index in [9.17, 15) is 0 Å². The molecule has 2 aliphatic heterocycles. The zero-order valence-electron chi connectivity index (χ0n) is 14.3. The predicted octanol–water partition coefficient (Wildman–Crippen LogP) is 3.53. The van der Waals surface area contributed by atoms with Gasteiger partial charge in [0.15, 0.2) is 0 Å². The van der Waals surface area contributed by atoms with Gasteiger partial charge in [-0.05, 0) is 56.7 Å². The minimum Gasteiger partial charge on any atom is -0.376 e. The maximum atomic E-state index is 5.73. The smallest absolute Gasteiger partial charge is 0.0821 e. The van der Waals surface area contributed by atoms with E-state index in [1.807, 2.05) is 0 Å². The van der Waals surface area contributed by atoms with E-state index in [0.717, 1.165) is 32.2 Å². The molecule has 2 saturated heterocycles. The van der Waals surface area contributed by atoms with Gasteiger partial charge in [0.05, 0.1) is 25.9 Å². The van der Waals surface area contributed by atoms with Gasteiger partial charge in [0.2, 0.25) is 0 Å². The van der Waals surface area contributed by atoms with Crippen LogP contribution in [0.1, 0.15) is 37.7 Å². The van der Waals surface area contributed by atoms with Gasteiger partial charge in [-0.3, -0.25) is 0 Å². The van der Waals surface area contributed by atoms with Crippen LogP contribution in [0.3, 0.4) is 0 Å². The summed E-state index contributed by atoms with van der Waals surface area (Å²) in [4.78, 5) is 2.62. The van der Waals surface area contributed by atoms with Gasteiger partial charge in [-0.1, -0.05) is 36.8 Å². The Hall–Kier alpha value is -0.900. The number of hydrogen-bond donors (Lipinski definition) is 0. The van der Waals surface area contributed by atoms with Crippen LogP contribution in [0.25, 0.3) is 0 Å². The van der Waals surface area contributed by atoms with Crippen molar-refractivity contribution < 1.29 is 9.47 Å². The fourth-order valence-corrected chi connectivity index (χ4v) is 3.77. The highest BCUT2D eigenvalue weighted by Crippen LogP contribution is 2.23. The number of nitrogens with zero attached hydrogens (tertiary/aromatic N) is 1. The molecule has 3 nitrogen and oxygen atoms in total. The molecule has 128 valence electrons. The first-order valence-corrected chi connectivity index (χ1v) is 9.36. The molecule has 3 rings (SSSR count). The lowest BCUT2D eigenvalue weighted by molar-refractivity contribution is -0.0931. The van der Waals surface area contributed by atoms with Crippen LogP contribution in [-0.2, 0) is 15.9 Å². The molecular formula is C20H31NO2. The molecule has 3 heteroatoms. The van der Waals surface area contributed by atoms with Crippen molar-refractivity contribution >= 4 is 0 Å². The molecule has 0 aromatic heterocycles. The first-order valence-electron chi connectivity index (χ1n) is 9.36. The van der Waals surface area contributed by atoms with Crippen molar-refractivity contribution in [3.63, 3.8) is 0 Å². The van der Waals surface area contributed by atoms with Crippen LogP contribution < -0.4 is 0 Å². The summed E-state index contributed by atoms with van der Waals surface area (Å²) in [7, 11) is 0. The predicted molar refractivity (Wildman–Crippen MR) is 93.7 cm³/mol. The lowest BCUT2D eigenvalue weighted by Crippen LogP contribution is -2.38.